The Hall–Kier alpha value is -2.19. The second-order valence-corrected chi connectivity index (χ2v) is 5.97. The number of nitrogens with two attached hydrogens (primary N) is 1. The minimum Gasteiger partial charge on any atom is -0.399 e. The van der Waals surface area contributed by atoms with Crippen LogP contribution in [0.2, 0.25) is 0 Å². The predicted molar refractivity (Wildman–Crippen MR) is 92.3 cm³/mol. The van der Waals surface area contributed by atoms with E-state index >= 15 is 0 Å². The lowest BCUT2D eigenvalue weighted by Crippen LogP contribution is -1.85. The van der Waals surface area contributed by atoms with E-state index < -0.39 is 0 Å². The van der Waals surface area contributed by atoms with Crippen LogP contribution in [0.1, 0.15) is 5.56 Å². The van der Waals surface area contributed by atoms with Gasteiger partial charge in [0.15, 0.2) is 0 Å². The van der Waals surface area contributed by atoms with E-state index in [9.17, 15) is 0 Å². The second-order valence-electron chi connectivity index (χ2n) is 4.92. The van der Waals surface area contributed by atoms with Gasteiger partial charge in [-0.15, -0.1) is 11.8 Å². The molecular formula is C19H17NS. The molecule has 0 bridgehead atoms. The zero-order chi connectivity index (χ0) is 14.5. The Morgan fingerprint density at radius 2 is 1.43 bits per heavy atom. The second kappa shape index (κ2) is 6.51. The van der Waals surface area contributed by atoms with E-state index in [0.717, 1.165) is 11.4 Å². The van der Waals surface area contributed by atoms with E-state index in [4.69, 9.17) is 5.73 Å². The number of thioether (sulfide) groups is 1. The lowest BCUT2D eigenvalue weighted by molar-refractivity contribution is 1.38. The smallest absolute Gasteiger partial charge is 0.0325 e. The van der Waals surface area contributed by atoms with Crippen molar-refractivity contribution in [3.63, 3.8) is 0 Å². The van der Waals surface area contributed by atoms with Gasteiger partial charge in [0.1, 0.15) is 0 Å². The molecule has 0 heterocycles. The SMILES string of the molecule is Nc1cccc(SCc2ccc(-c3ccccc3)cc2)c1. The van der Waals surface area contributed by atoms with Gasteiger partial charge in [0.2, 0.25) is 0 Å². The lowest BCUT2D eigenvalue weighted by atomic mass is 10.0. The monoisotopic (exact) mass is 291 g/mol. The van der Waals surface area contributed by atoms with Crippen LogP contribution in [-0.4, -0.2) is 0 Å². The molecule has 0 saturated heterocycles. The van der Waals surface area contributed by atoms with Crippen molar-refractivity contribution in [3.8, 4) is 11.1 Å². The average molecular weight is 291 g/mol. The molecule has 0 aliphatic rings. The minimum absolute atomic E-state index is 0.819. The Morgan fingerprint density at radius 1 is 0.714 bits per heavy atom. The molecule has 21 heavy (non-hydrogen) atoms. The molecule has 0 amide bonds. The minimum atomic E-state index is 0.819. The summed E-state index contributed by atoms with van der Waals surface area (Å²) in [5, 5.41) is 0. The molecule has 3 rings (SSSR count). The van der Waals surface area contributed by atoms with Crippen molar-refractivity contribution in [3.05, 3.63) is 84.4 Å². The molecule has 0 saturated carbocycles. The zero-order valence-electron chi connectivity index (χ0n) is 11.7. The van der Waals surface area contributed by atoms with E-state index in [0.29, 0.717) is 0 Å². The molecule has 2 N–H and O–H groups in total. The first kappa shape index (κ1) is 13.8. The largest absolute Gasteiger partial charge is 0.399 e. The van der Waals surface area contributed by atoms with E-state index in [1.54, 1.807) is 0 Å². The summed E-state index contributed by atoms with van der Waals surface area (Å²) in [4.78, 5) is 1.21. The molecule has 104 valence electrons. The Labute approximate surface area is 129 Å². The predicted octanol–water partition coefficient (Wildman–Crippen LogP) is 5.23. The number of anilines is 1. The summed E-state index contributed by atoms with van der Waals surface area (Å²) in [7, 11) is 0. The van der Waals surface area contributed by atoms with Crippen molar-refractivity contribution in [1.29, 1.82) is 0 Å². The van der Waals surface area contributed by atoms with E-state index in [1.807, 2.05) is 36.0 Å². The lowest BCUT2D eigenvalue weighted by Gasteiger charge is -2.05. The van der Waals surface area contributed by atoms with Crippen molar-refractivity contribution < 1.29 is 0 Å². The molecule has 1 nitrogen and oxygen atoms in total. The third kappa shape index (κ3) is 3.67. The van der Waals surface area contributed by atoms with Crippen molar-refractivity contribution in [2.75, 3.05) is 5.73 Å². The van der Waals surface area contributed by atoms with Crippen LogP contribution in [0.4, 0.5) is 5.69 Å². The summed E-state index contributed by atoms with van der Waals surface area (Å²) in [6.45, 7) is 0. The van der Waals surface area contributed by atoms with Crippen LogP contribution in [0.5, 0.6) is 0 Å². The molecule has 0 unspecified atom stereocenters. The van der Waals surface area contributed by atoms with E-state index in [1.165, 1.54) is 21.6 Å². The van der Waals surface area contributed by atoms with Crippen LogP contribution in [-0.2, 0) is 5.75 Å². The number of benzene rings is 3. The Morgan fingerprint density at radius 3 is 2.14 bits per heavy atom. The van der Waals surface area contributed by atoms with Gasteiger partial charge in [-0.05, 0) is 34.9 Å². The number of hydrogen-bond donors (Lipinski definition) is 1. The summed E-state index contributed by atoms with van der Waals surface area (Å²) in [6, 6.07) is 27.2. The van der Waals surface area contributed by atoms with Crippen molar-refractivity contribution in [2.45, 2.75) is 10.6 Å². The van der Waals surface area contributed by atoms with Gasteiger partial charge >= 0.3 is 0 Å². The van der Waals surface area contributed by atoms with Crippen LogP contribution >= 0.6 is 11.8 Å². The van der Waals surface area contributed by atoms with Crippen LogP contribution in [0.3, 0.4) is 0 Å². The summed E-state index contributed by atoms with van der Waals surface area (Å²) < 4.78 is 0. The highest BCUT2D eigenvalue weighted by Crippen LogP contribution is 2.26. The van der Waals surface area contributed by atoms with Gasteiger partial charge in [-0.1, -0.05) is 60.7 Å². The number of rotatable bonds is 4. The molecule has 0 aromatic heterocycles. The van der Waals surface area contributed by atoms with Gasteiger partial charge in [0, 0.05) is 16.3 Å². The fourth-order valence-electron chi connectivity index (χ4n) is 2.20. The zero-order valence-corrected chi connectivity index (χ0v) is 12.5. The molecule has 0 spiro atoms. The first-order valence-electron chi connectivity index (χ1n) is 6.94. The van der Waals surface area contributed by atoms with Crippen molar-refractivity contribution in [2.24, 2.45) is 0 Å². The van der Waals surface area contributed by atoms with Crippen molar-refractivity contribution in [1.82, 2.24) is 0 Å². The molecular weight excluding hydrogens is 274 g/mol. The normalized spacial score (nSPS) is 10.5. The van der Waals surface area contributed by atoms with Crippen LogP contribution in [0.15, 0.2) is 83.8 Å². The summed E-state index contributed by atoms with van der Waals surface area (Å²) in [6.07, 6.45) is 0. The molecule has 0 fully saturated rings. The first-order valence-corrected chi connectivity index (χ1v) is 7.92. The van der Waals surface area contributed by atoms with E-state index in [2.05, 4.69) is 54.6 Å². The third-order valence-electron chi connectivity index (χ3n) is 3.32. The molecule has 3 aromatic rings. The van der Waals surface area contributed by atoms with Gasteiger partial charge in [-0.2, -0.15) is 0 Å². The maximum Gasteiger partial charge on any atom is 0.0325 e. The Balaban J connectivity index is 1.68. The quantitative estimate of drug-likeness (QED) is 0.526. The Bertz CT molecular complexity index is 705. The summed E-state index contributed by atoms with van der Waals surface area (Å²) in [5.74, 6) is 0.957. The molecule has 0 radical (unpaired) electrons. The fourth-order valence-corrected chi connectivity index (χ4v) is 3.12. The van der Waals surface area contributed by atoms with Gasteiger partial charge in [-0.3, -0.25) is 0 Å². The maximum absolute atomic E-state index is 5.80. The molecule has 2 heteroatoms. The van der Waals surface area contributed by atoms with E-state index in [-0.39, 0.29) is 0 Å². The Kier molecular flexibility index (Phi) is 4.27. The summed E-state index contributed by atoms with van der Waals surface area (Å²) in [5.41, 5.74) is 10.5. The molecule has 0 aliphatic carbocycles. The highest BCUT2D eigenvalue weighted by Gasteiger charge is 1.99. The number of hydrogen-bond acceptors (Lipinski definition) is 2. The van der Waals surface area contributed by atoms with Gasteiger partial charge < -0.3 is 5.73 Å². The van der Waals surface area contributed by atoms with Gasteiger partial charge in [-0.25, -0.2) is 0 Å². The number of nitrogen functional groups attached to an aromatic ring is 1. The standard InChI is InChI=1S/C19H17NS/c20-18-7-4-8-19(13-18)21-14-15-9-11-17(12-10-15)16-5-2-1-3-6-16/h1-13H,14,20H2. The molecule has 0 aliphatic heterocycles. The molecule has 3 aromatic carbocycles. The third-order valence-corrected chi connectivity index (χ3v) is 4.39. The first-order chi connectivity index (χ1) is 10.3. The summed E-state index contributed by atoms with van der Waals surface area (Å²) >= 11 is 1.81. The maximum atomic E-state index is 5.80. The fraction of sp³-hybridized carbons (Fsp3) is 0.0526. The van der Waals surface area contributed by atoms with Crippen molar-refractivity contribution >= 4 is 17.4 Å². The molecule has 0 atom stereocenters. The highest BCUT2D eigenvalue weighted by atomic mass is 32.2. The van der Waals surface area contributed by atoms with Crippen LogP contribution in [0.25, 0.3) is 11.1 Å². The average Bonchev–Trinajstić information content (AvgIpc) is 2.54. The topological polar surface area (TPSA) is 26.0 Å². The van der Waals surface area contributed by atoms with Crippen LogP contribution < -0.4 is 5.73 Å². The van der Waals surface area contributed by atoms with Gasteiger partial charge in [0.25, 0.3) is 0 Å². The van der Waals surface area contributed by atoms with Crippen LogP contribution in [0, 0.1) is 0 Å². The van der Waals surface area contributed by atoms with Gasteiger partial charge in [0.05, 0.1) is 0 Å². The highest BCUT2D eigenvalue weighted by molar-refractivity contribution is 7.98.